The van der Waals surface area contributed by atoms with E-state index in [1.807, 2.05) is 24.3 Å². The van der Waals surface area contributed by atoms with E-state index in [1.54, 1.807) is 11.0 Å². The molecule has 2 aromatic rings. The number of piperidine rings is 1. The molecule has 6 rings (SSSR count). The molecule has 238 valence electrons. The number of carbonyl (C=O) groups is 2. The largest absolute Gasteiger partial charge is 0.505 e. The van der Waals surface area contributed by atoms with Crippen LogP contribution in [0.15, 0.2) is 65.3 Å². The smallest absolute Gasteiger partial charge is 0.455 e. The van der Waals surface area contributed by atoms with Gasteiger partial charge in [0.05, 0.1) is 17.9 Å². The zero-order valence-electron chi connectivity index (χ0n) is 26.3. The number of carbonyl (C=O) groups excluding carboxylic acids is 2. The lowest BCUT2D eigenvalue weighted by molar-refractivity contribution is -0.144. The Labute approximate surface area is 265 Å². The van der Waals surface area contributed by atoms with Gasteiger partial charge < -0.3 is 14.8 Å². The van der Waals surface area contributed by atoms with Crippen molar-refractivity contribution in [2.24, 2.45) is 17.8 Å². The first-order valence-electron chi connectivity index (χ1n) is 16.6. The van der Waals surface area contributed by atoms with Crippen molar-refractivity contribution in [2.75, 3.05) is 13.1 Å². The molecule has 2 N–H and O–H groups in total. The maximum absolute atomic E-state index is 14.1. The molecule has 0 saturated carbocycles. The molecule has 0 bridgehead atoms. The molecule has 3 heterocycles. The predicted octanol–water partition coefficient (Wildman–Crippen LogP) is 5.98. The van der Waals surface area contributed by atoms with Gasteiger partial charge in [-0.2, -0.15) is 0 Å². The van der Waals surface area contributed by atoms with Crippen LogP contribution in [-0.4, -0.2) is 64.1 Å². The van der Waals surface area contributed by atoms with Gasteiger partial charge in [-0.05, 0) is 86.5 Å². The molecule has 3 aliphatic heterocycles. The number of nitrogens with zero attached hydrogens (tertiary/aromatic N) is 2. The summed E-state index contributed by atoms with van der Waals surface area (Å²) in [6.45, 7) is 6.71. The third-order valence-corrected chi connectivity index (χ3v) is 10.3. The predicted molar refractivity (Wildman–Crippen MR) is 172 cm³/mol. The molecule has 45 heavy (non-hydrogen) atoms. The molecule has 0 aromatic heterocycles. The summed E-state index contributed by atoms with van der Waals surface area (Å²) < 4.78 is 20.1. The van der Waals surface area contributed by atoms with Crippen LogP contribution >= 0.6 is 0 Å². The third-order valence-electron chi connectivity index (χ3n) is 10.3. The first-order valence-corrected chi connectivity index (χ1v) is 16.6. The van der Waals surface area contributed by atoms with E-state index in [-0.39, 0.29) is 41.5 Å². The third kappa shape index (κ3) is 6.67. The number of amides is 2. The minimum Gasteiger partial charge on any atom is -0.505 e. The summed E-state index contributed by atoms with van der Waals surface area (Å²) in [6, 6.07) is 14.7. The molecule has 2 aromatic carbocycles. The van der Waals surface area contributed by atoms with Crippen LogP contribution in [0.5, 0.6) is 5.75 Å². The van der Waals surface area contributed by atoms with Crippen LogP contribution in [0.25, 0.3) is 6.08 Å². The van der Waals surface area contributed by atoms with Gasteiger partial charge >= 0.3 is 7.12 Å². The summed E-state index contributed by atoms with van der Waals surface area (Å²) in [5, 5.41) is 20.4. The van der Waals surface area contributed by atoms with Crippen LogP contribution in [-0.2, 0) is 20.8 Å². The van der Waals surface area contributed by atoms with Crippen molar-refractivity contribution in [3.05, 3.63) is 82.2 Å². The Morgan fingerprint density at radius 1 is 1.07 bits per heavy atom. The van der Waals surface area contributed by atoms with Crippen LogP contribution in [0.1, 0.15) is 69.9 Å². The minimum atomic E-state index is -1.00. The average molecular weight is 615 g/mol. The molecular formula is C36H44BFN2O5. The topological polar surface area (TPSA) is 90.3 Å². The Hall–Kier alpha value is -3.27. The van der Waals surface area contributed by atoms with Crippen LogP contribution < -0.4 is 0 Å². The lowest BCUT2D eigenvalue weighted by atomic mass is 9.58. The van der Waals surface area contributed by atoms with Crippen molar-refractivity contribution >= 4 is 25.0 Å². The molecule has 9 heteroatoms. The highest BCUT2D eigenvalue weighted by Gasteiger charge is 2.58. The van der Waals surface area contributed by atoms with Crippen molar-refractivity contribution in [2.45, 2.75) is 83.8 Å². The molecule has 4 aliphatic rings. The van der Waals surface area contributed by atoms with Gasteiger partial charge in [0.2, 0.25) is 11.8 Å². The molecular weight excluding hydrogens is 570 g/mol. The lowest BCUT2D eigenvalue weighted by Crippen LogP contribution is -2.48. The fourth-order valence-corrected chi connectivity index (χ4v) is 8.24. The van der Waals surface area contributed by atoms with Gasteiger partial charge in [0.1, 0.15) is 0 Å². The molecule has 0 spiro atoms. The molecule has 7 nitrogen and oxygen atoms in total. The van der Waals surface area contributed by atoms with Crippen molar-refractivity contribution in [3.63, 3.8) is 0 Å². The van der Waals surface area contributed by atoms with Crippen molar-refractivity contribution in [3.8, 4) is 5.75 Å². The van der Waals surface area contributed by atoms with E-state index in [1.165, 1.54) is 17.7 Å². The Bertz CT molecular complexity index is 1470. The van der Waals surface area contributed by atoms with Crippen LogP contribution in [0.4, 0.5) is 4.39 Å². The SMILES string of the molecule is CCC/C(=C\c1ccc(O)c(F)c1)CC[C@H]1OB(O)C[C@H]2C1=C(C)C[C@H]1C(=O)N(C3CCN(Cc4ccccc4)CC3)C(=O)[C@H]12. The Morgan fingerprint density at radius 2 is 1.82 bits per heavy atom. The molecule has 3 saturated heterocycles. The number of fused-ring (bicyclic) bond motifs is 3. The number of allylic oxidation sites excluding steroid dienone is 2. The highest BCUT2D eigenvalue weighted by Crippen LogP contribution is 2.51. The second-order valence-corrected chi connectivity index (χ2v) is 13.3. The fraction of sp³-hybridized carbons (Fsp3) is 0.500. The Morgan fingerprint density at radius 3 is 2.53 bits per heavy atom. The van der Waals surface area contributed by atoms with Gasteiger partial charge in [-0.3, -0.25) is 19.4 Å². The Balaban J connectivity index is 1.15. The van der Waals surface area contributed by atoms with Gasteiger partial charge in [-0.25, -0.2) is 4.39 Å². The summed E-state index contributed by atoms with van der Waals surface area (Å²) in [6.07, 6.45) is 7.09. The highest BCUT2D eigenvalue weighted by molar-refractivity contribution is 6.43. The van der Waals surface area contributed by atoms with Gasteiger partial charge in [0.25, 0.3) is 0 Å². The maximum atomic E-state index is 14.1. The number of phenolic OH excluding ortho intramolecular Hbond substituents is 1. The number of hydrogen-bond donors (Lipinski definition) is 2. The van der Waals surface area contributed by atoms with E-state index in [0.717, 1.165) is 62.0 Å². The van der Waals surface area contributed by atoms with Gasteiger partial charge in [0.15, 0.2) is 11.6 Å². The van der Waals surface area contributed by atoms with E-state index in [0.29, 0.717) is 31.1 Å². The second-order valence-electron chi connectivity index (χ2n) is 13.3. The van der Waals surface area contributed by atoms with Crippen LogP contribution in [0.3, 0.4) is 0 Å². The number of imide groups is 1. The quantitative estimate of drug-likeness (QED) is 0.205. The maximum Gasteiger partial charge on any atom is 0.455 e. The summed E-state index contributed by atoms with van der Waals surface area (Å²) in [7, 11) is -1.00. The number of phenols is 1. The molecule has 4 atom stereocenters. The van der Waals surface area contributed by atoms with E-state index in [4.69, 9.17) is 4.65 Å². The zero-order valence-corrected chi connectivity index (χ0v) is 26.3. The summed E-state index contributed by atoms with van der Waals surface area (Å²) >= 11 is 0. The fourth-order valence-electron chi connectivity index (χ4n) is 8.24. The standard InChI is InChI=1S/C36H44BFN2O5/c1-3-7-24(19-26-10-12-31(41)30(38)20-26)11-13-32-33-23(2)18-28-34(29(33)21-37(44)45-32)36(43)40(35(28)42)27-14-16-39(17-15-27)22-25-8-5-4-6-9-25/h4-6,8-10,12,19-20,27-29,32,34,41,44H,3,7,11,13-18,21-22H2,1-2H3/b24-19+/t28-,29+,32-,34-/m1/s1. The zero-order chi connectivity index (χ0) is 31.7. The van der Waals surface area contributed by atoms with E-state index < -0.39 is 18.9 Å². The van der Waals surface area contributed by atoms with E-state index >= 15 is 0 Å². The monoisotopic (exact) mass is 614 g/mol. The number of rotatable bonds is 9. The van der Waals surface area contributed by atoms with Gasteiger partial charge in [-0.1, -0.05) is 67.0 Å². The molecule has 0 unspecified atom stereocenters. The van der Waals surface area contributed by atoms with Crippen LogP contribution in [0, 0.1) is 23.6 Å². The van der Waals surface area contributed by atoms with Crippen molar-refractivity contribution in [1.29, 1.82) is 0 Å². The molecule has 3 fully saturated rings. The highest BCUT2D eigenvalue weighted by atomic mass is 19.1. The normalized spacial score (nSPS) is 26.4. The first kappa shape index (κ1) is 31.7. The van der Waals surface area contributed by atoms with E-state index in [9.17, 15) is 24.1 Å². The van der Waals surface area contributed by atoms with Crippen LogP contribution in [0.2, 0.25) is 6.32 Å². The van der Waals surface area contributed by atoms with Crippen molar-refractivity contribution < 1.29 is 28.8 Å². The van der Waals surface area contributed by atoms with Crippen molar-refractivity contribution in [1.82, 2.24) is 9.80 Å². The summed E-state index contributed by atoms with van der Waals surface area (Å²) in [5.74, 6) is -2.19. The number of halogens is 1. The van der Waals surface area contributed by atoms with E-state index in [2.05, 4.69) is 30.9 Å². The number of hydrogen-bond acceptors (Lipinski definition) is 6. The van der Waals surface area contributed by atoms with Gasteiger partial charge in [-0.15, -0.1) is 0 Å². The second kappa shape index (κ2) is 13.6. The number of aromatic hydroxyl groups is 1. The average Bonchev–Trinajstić information content (AvgIpc) is 3.27. The summed E-state index contributed by atoms with van der Waals surface area (Å²) in [4.78, 5) is 31.9. The lowest BCUT2D eigenvalue weighted by Gasteiger charge is -2.42. The molecule has 0 radical (unpaired) electrons. The Kier molecular flexibility index (Phi) is 9.59. The molecule has 2 amide bonds. The first-order chi connectivity index (χ1) is 21.7. The molecule has 1 aliphatic carbocycles. The van der Waals surface area contributed by atoms with Gasteiger partial charge in [0, 0.05) is 25.7 Å². The number of likely N-dealkylation sites (tertiary alicyclic amines) is 2. The number of benzene rings is 2. The minimum absolute atomic E-state index is 0.0447. The summed E-state index contributed by atoms with van der Waals surface area (Å²) in [5.41, 5.74) is 5.26.